The number of nitrogens with zero attached hydrogens (tertiary/aromatic N) is 1. The standard InChI is InChI=1S/C14H15NO5/c1-4-20-14(17)9-7-15-10-6-12(19-3)11(18-2)5-8(10)13(9)16/h5-7,9H,4H2,1-3H3. The molecule has 0 saturated carbocycles. The molecule has 1 aromatic rings. The van der Waals surface area contributed by atoms with Crippen molar-refractivity contribution in [2.24, 2.45) is 10.9 Å². The second kappa shape index (κ2) is 5.73. The second-order valence-corrected chi connectivity index (χ2v) is 4.10. The molecule has 0 spiro atoms. The Kier molecular flexibility index (Phi) is 4.02. The molecule has 6 heteroatoms. The smallest absolute Gasteiger partial charge is 0.322 e. The van der Waals surface area contributed by atoms with Crippen molar-refractivity contribution in [2.45, 2.75) is 6.92 Å². The molecule has 0 bridgehead atoms. The number of hydrogen-bond donors (Lipinski definition) is 0. The van der Waals surface area contributed by atoms with Gasteiger partial charge < -0.3 is 14.2 Å². The number of fused-ring (bicyclic) bond motifs is 1. The number of carbonyl (C=O) groups excluding carboxylic acids is 2. The van der Waals surface area contributed by atoms with Gasteiger partial charge >= 0.3 is 5.97 Å². The molecule has 0 aliphatic carbocycles. The Morgan fingerprint density at radius 3 is 2.50 bits per heavy atom. The molecule has 6 nitrogen and oxygen atoms in total. The number of ether oxygens (including phenoxy) is 3. The van der Waals surface area contributed by atoms with Gasteiger partial charge in [0.2, 0.25) is 0 Å². The fourth-order valence-corrected chi connectivity index (χ4v) is 1.96. The molecule has 2 rings (SSSR count). The second-order valence-electron chi connectivity index (χ2n) is 4.10. The first kappa shape index (κ1) is 14.0. The number of benzene rings is 1. The summed E-state index contributed by atoms with van der Waals surface area (Å²) in [5, 5.41) is 0. The summed E-state index contributed by atoms with van der Waals surface area (Å²) >= 11 is 0. The zero-order valence-electron chi connectivity index (χ0n) is 11.5. The molecule has 0 amide bonds. The van der Waals surface area contributed by atoms with Crippen molar-refractivity contribution in [3.8, 4) is 11.5 Å². The monoisotopic (exact) mass is 277 g/mol. The van der Waals surface area contributed by atoms with Crippen LogP contribution in [-0.2, 0) is 9.53 Å². The zero-order chi connectivity index (χ0) is 14.7. The Morgan fingerprint density at radius 1 is 1.25 bits per heavy atom. The SMILES string of the molecule is CCOC(=O)C1C=Nc2cc(OC)c(OC)cc2C1=O. The maximum absolute atomic E-state index is 12.3. The Balaban J connectivity index is 2.42. The van der Waals surface area contributed by atoms with E-state index in [0.29, 0.717) is 22.7 Å². The van der Waals surface area contributed by atoms with Crippen molar-refractivity contribution in [3.63, 3.8) is 0 Å². The van der Waals surface area contributed by atoms with E-state index in [1.54, 1.807) is 13.0 Å². The first-order chi connectivity index (χ1) is 9.62. The topological polar surface area (TPSA) is 74.2 Å². The van der Waals surface area contributed by atoms with Crippen LogP contribution in [0.3, 0.4) is 0 Å². The summed E-state index contributed by atoms with van der Waals surface area (Å²) in [5.74, 6) is -1.05. The molecule has 0 N–H and O–H groups in total. The van der Waals surface area contributed by atoms with E-state index in [9.17, 15) is 9.59 Å². The Hall–Kier alpha value is -2.37. The third kappa shape index (κ3) is 2.36. The van der Waals surface area contributed by atoms with Gasteiger partial charge in [-0.1, -0.05) is 0 Å². The van der Waals surface area contributed by atoms with Crippen LogP contribution in [0.15, 0.2) is 17.1 Å². The first-order valence-corrected chi connectivity index (χ1v) is 6.13. The molecule has 1 atom stereocenters. The molecule has 1 unspecified atom stereocenters. The molecule has 106 valence electrons. The van der Waals surface area contributed by atoms with E-state index in [2.05, 4.69) is 4.99 Å². The predicted octanol–water partition coefficient (Wildman–Crippen LogP) is 1.78. The quantitative estimate of drug-likeness (QED) is 0.619. The molecule has 1 aromatic carbocycles. The number of esters is 1. The van der Waals surface area contributed by atoms with Crippen molar-refractivity contribution in [1.82, 2.24) is 0 Å². The van der Waals surface area contributed by atoms with Gasteiger partial charge in [0.15, 0.2) is 23.2 Å². The summed E-state index contributed by atoms with van der Waals surface area (Å²) < 4.78 is 15.2. The van der Waals surface area contributed by atoms with Crippen molar-refractivity contribution in [2.75, 3.05) is 20.8 Å². The average Bonchev–Trinajstić information content (AvgIpc) is 2.46. The van der Waals surface area contributed by atoms with Gasteiger partial charge in [0, 0.05) is 17.8 Å². The maximum Gasteiger partial charge on any atom is 0.322 e. The van der Waals surface area contributed by atoms with E-state index < -0.39 is 11.9 Å². The van der Waals surface area contributed by atoms with Crippen molar-refractivity contribution >= 4 is 23.7 Å². The Morgan fingerprint density at radius 2 is 1.90 bits per heavy atom. The summed E-state index contributed by atoms with van der Waals surface area (Å²) in [7, 11) is 2.98. The van der Waals surface area contributed by atoms with Crippen LogP contribution in [0.5, 0.6) is 11.5 Å². The molecule has 1 aliphatic rings. The summed E-state index contributed by atoms with van der Waals surface area (Å²) in [6, 6.07) is 3.13. The lowest BCUT2D eigenvalue weighted by atomic mass is 9.94. The van der Waals surface area contributed by atoms with Crippen molar-refractivity contribution in [3.05, 3.63) is 17.7 Å². The van der Waals surface area contributed by atoms with Crippen LogP contribution in [0.1, 0.15) is 17.3 Å². The van der Waals surface area contributed by atoms with E-state index in [0.717, 1.165) is 0 Å². The van der Waals surface area contributed by atoms with Crippen LogP contribution in [0, 0.1) is 5.92 Å². The summed E-state index contributed by atoms with van der Waals surface area (Å²) in [5.41, 5.74) is 0.774. The van der Waals surface area contributed by atoms with Gasteiger partial charge in [0.25, 0.3) is 0 Å². The van der Waals surface area contributed by atoms with Crippen molar-refractivity contribution in [1.29, 1.82) is 0 Å². The van der Waals surface area contributed by atoms with E-state index in [1.807, 2.05) is 0 Å². The third-order valence-electron chi connectivity index (χ3n) is 2.95. The van der Waals surface area contributed by atoms with E-state index >= 15 is 0 Å². The number of Topliss-reactive ketones (excluding diaryl/α,β-unsaturated/α-hetero) is 1. The van der Waals surface area contributed by atoms with E-state index in [4.69, 9.17) is 14.2 Å². The molecule has 0 aromatic heterocycles. The van der Waals surface area contributed by atoms with Gasteiger partial charge in [0.1, 0.15) is 0 Å². The minimum Gasteiger partial charge on any atom is -0.493 e. The number of aliphatic imine (C=N–C) groups is 1. The lowest BCUT2D eigenvalue weighted by molar-refractivity contribution is -0.143. The van der Waals surface area contributed by atoms with Gasteiger partial charge in [-0.05, 0) is 13.0 Å². The molecule has 1 heterocycles. The molecular formula is C14H15NO5. The Bertz CT molecular complexity index is 579. The maximum atomic E-state index is 12.3. The van der Waals surface area contributed by atoms with Gasteiger partial charge in [0.05, 0.1) is 26.5 Å². The van der Waals surface area contributed by atoms with Crippen LogP contribution in [-0.4, -0.2) is 38.8 Å². The highest BCUT2D eigenvalue weighted by Crippen LogP contribution is 2.37. The highest BCUT2D eigenvalue weighted by molar-refractivity contribution is 6.22. The highest BCUT2D eigenvalue weighted by atomic mass is 16.5. The summed E-state index contributed by atoms with van der Waals surface area (Å²) in [6.07, 6.45) is 1.30. The number of hydrogen-bond acceptors (Lipinski definition) is 6. The zero-order valence-corrected chi connectivity index (χ0v) is 11.5. The van der Waals surface area contributed by atoms with Crippen LogP contribution in [0.2, 0.25) is 0 Å². The minimum absolute atomic E-state index is 0.218. The van der Waals surface area contributed by atoms with Gasteiger partial charge in [-0.15, -0.1) is 0 Å². The third-order valence-corrected chi connectivity index (χ3v) is 2.95. The van der Waals surface area contributed by atoms with E-state index in [-0.39, 0.29) is 12.4 Å². The van der Waals surface area contributed by atoms with Gasteiger partial charge in [-0.2, -0.15) is 0 Å². The lowest BCUT2D eigenvalue weighted by Crippen LogP contribution is -2.29. The number of carbonyl (C=O) groups is 2. The number of rotatable bonds is 4. The normalized spacial score (nSPS) is 16.6. The largest absolute Gasteiger partial charge is 0.493 e. The first-order valence-electron chi connectivity index (χ1n) is 6.13. The van der Waals surface area contributed by atoms with Crippen LogP contribution in [0.25, 0.3) is 0 Å². The van der Waals surface area contributed by atoms with Crippen LogP contribution < -0.4 is 9.47 Å². The molecular weight excluding hydrogens is 262 g/mol. The van der Waals surface area contributed by atoms with E-state index in [1.165, 1.54) is 26.5 Å². The molecule has 0 saturated heterocycles. The minimum atomic E-state index is -0.999. The molecule has 20 heavy (non-hydrogen) atoms. The van der Waals surface area contributed by atoms with Crippen molar-refractivity contribution < 1.29 is 23.8 Å². The molecule has 1 aliphatic heterocycles. The number of methoxy groups -OCH3 is 2. The van der Waals surface area contributed by atoms with Gasteiger partial charge in [-0.25, -0.2) is 0 Å². The number of ketones is 1. The summed E-state index contributed by atoms with van der Waals surface area (Å²) in [6.45, 7) is 1.90. The predicted molar refractivity (Wildman–Crippen MR) is 72.2 cm³/mol. The lowest BCUT2D eigenvalue weighted by Gasteiger charge is -2.18. The van der Waals surface area contributed by atoms with Gasteiger partial charge in [-0.3, -0.25) is 14.6 Å². The average molecular weight is 277 g/mol. The Labute approximate surface area is 116 Å². The highest BCUT2D eigenvalue weighted by Gasteiger charge is 2.32. The van der Waals surface area contributed by atoms with Crippen LogP contribution >= 0.6 is 0 Å². The molecule has 0 radical (unpaired) electrons. The summed E-state index contributed by atoms with van der Waals surface area (Å²) in [4.78, 5) is 28.1. The fourth-order valence-electron chi connectivity index (χ4n) is 1.96. The molecule has 0 fully saturated rings. The van der Waals surface area contributed by atoms with Crippen LogP contribution in [0.4, 0.5) is 5.69 Å². The fraction of sp³-hybridized carbons (Fsp3) is 0.357.